The number of nitrogens with one attached hydrogen (secondary N) is 1. The molecule has 3 N–H and O–H groups in total. The third-order valence-corrected chi connectivity index (χ3v) is 3.80. The molecule has 0 aliphatic carbocycles. The van der Waals surface area contributed by atoms with Crippen molar-refractivity contribution in [3.8, 4) is 0 Å². The van der Waals surface area contributed by atoms with Crippen LogP contribution in [-0.4, -0.2) is 30.0 Å². The van der Waals surface area contributed by atoms with Crippen LogP contribution in [0.3, 0.4) is 0 Å². The molecule has 2 atom stereocenters. The second-order valence-corrected chi connectivity index (χ2v) is 5.53. The minimum Gasteiger partial charge on any atom is -0.349 e. The second kappa shape index (κ2) is 8.20. The van der Waals surface area contributed by atoms with Crippen LogP contribution in [0.2, 0.25) is 0 Å². The summed E-state index contributed by atoms with van der Waals surface area (Å²) in [6.45, 7) is 8.58. The van der Waals surface area contributed by atoms with E-state index in [1.165, 1.54) is 0 Å². The molecule has 5 heteroatoms. The molecule has 1 amide bonds. The molecule has 98 valence electrons. The first-order chi connectivity index (χ1) is 6.87. The molecule has 0 radical (unpaired) electrons. The summed E-state index contributed by atoms with van der Waals surface area (Å²) in [6, 6.07) is 0. The zero-order valence-corrected chi connectivity index (χ0v) is 12.5. The number of carbonyl (C=O) groups excluding carboxylic acids is 1. The molecule has 2 unspecified atom stereocenters. The number of nitrogens with two attached hydrogens (primary N) is 1. The van der Waals surface area contributed by atoms with E-state index in [2.05, 4.69) is 19.2 Å². The molecule has 0 saturated carbocycles. The van der Waals surface area contributed by atoms with Gasteiger partial charge in [0.2, 0.25) is 5.91 Å². The van der Waals surface area contributed by atoms with Gasteiger partial charge >= 0.3 is 0 Å². The van der Waals surface area contributed by atoms with Crippen LogP contribution in [0.1, 0.15) is 27.7 Å². The maximum atomic E-state index is 11.8. The molecule has 0 spiro atoms. The molecule has 3 nitrogen and oxygen atoms in total. The van der Waals surface area contributed by atoms with Crippen molar-refractivity contribution < 1.29 is 4.79 Å². The first-order valence-electron chi connectivity index (χ1n) is 5.38. The minimum absolute atomic E-state index is 0. The van der Waals surface area contributed by atoms with Crippen LogP contribution in [0, 0.1) is 11.8 Å². The Balaban J connectivity index is 0. The Kier molecular flexibility index (Phi) is 9.45. The van der Waals surface area contributed by atoms with E-state index in [1.54, 1.807) is 11.8 Å². The molecule has 0 aromatic heterocycles. The van der Waals surface area contributed by atoms with Crippen LogP contribution in [-0.2, 0) is 4.79 Å². The quantitative estimate of drug-likeness (QED) is 0.774. The first kappa shape index (κ1) is 18.4. The van der Waals surface area contributed by atoms with Gasteiger partial charge in [-0.05, 0) is 19.1 Å². The van der Waals surface area contributed by atoms with Crippen LogP contribution in [0.25, 0.3) is 0 Å². The average molecular weight is 269 g/mol. The van der Waals surface area contributed by atoms with Crippen molar-refractivity contribution in [2.45, 2.75) is 33.2 Å². The fraction of sp³-hybridized carbons (Fsp3) is 0.909. The number of halogens is 1. The number of hydrogen-bond acceptors (Lipinski definition) is 3. The van der Waals surface area contributed by atoms with Gasteiger partial charge in [0.1, 0.15) is 0 Å². The maximum absolute atomic E-state index is 11.8. The number of carbonyl (C=O) groups is 1. The van der Waals surface area contributed by atoms with Gasteiger partial charge in [0.25, 0.3) is 0 Å². The number of amides is 1. The van der Waals surface area contributed by atoms with Gasteiger partial charge in [0, 0.05) is 18.2 Å². The third kappa shape index (κ3) is 5.41. The predicted molar refractivity (Wildman–Crippen MR) is 75.2 cm³/mol. The van der Waals surface area contributed by atoms with Gasteiger partial charge in [-0.3, -0.25) is 4.79 Å². The fourth-order valence-corrected chi connectivity index (χ4v) is 1.81. The van der Waals surface area contributed by atoms with E-state index in [9.17, 15) is 4.79 Å². The molecule has 0 aromatic rings. The van der Waals surface area contributed by atoms with E-state index < -0.39 is 0 Å². The van der Waals surface area contributed by atoms with Gasteiger partial charge in [-0.2, -0.15) is 11.8 Å². The zero-order valence-electron chi connectivity index (χ0n) is 10.9. The Hall–Kier alpha value is 0.0700. The smallest absolute Gasteiger partial charge is 0.224 e. The average Bonchev–Trinajstić information content (AvgIpc) is 2.17. The highest BCUT2D eigenvalue weighted by atomic mass is 35.5. The molecule has 0 rings (SSSR count). The molecule has 0 saturated heterocycles. The SMILES string of the molecule is CSCC(C)C(=O)NC(C)(CN)C(C)C.Cl. The van der Waals surface area contributed by atoms with Gasteiger partial charge < -0.3 is 11.1 Å². The van der Waals surface area contributed by atoms with Crippen molar-refractivity contribution in [3.05, 3.63) is 0 Å². The van der Waals surface area contributed by atoms with E-state index in [4.69, 9.17) is 5.73 Å². The van der Waals surface area contributed by atoms with E-state index >= 15 is 0 Å². The highest BCUT2D eigenvalue weighted by Gasteiger charge is 2.29. The summed E-state index contributed by atoms with van der Waals surface area (Å²) in [4.78, 5) is 11.8. The summed E-state index contributed by atoms with van der Waals surface area (Å²) in [6.07, 6.45) is 2.01. The highest BCUT2D eigenvalue weighted by Crippen LogP contribution is 2.16. The van der Waals surface area contributed by atoms with E-state index in [0.29, 0.717) is 12.5 Å². The van der Waals surface area contributed by atoms with Crippen LogP contribution in [0.15, 0.2) is 0 Å². The molecular weight excluding hydrogens is 244 g/mol. The lowest BCUT2D eigenvalue weighted by Gasteiger charge is -2.34. The van der Waals surface area contributed by atoms with Gasteiger partial charge in [-0.25, -0.2) is 0 Å². The number of thioether (sulfide) groups is 1. The summed E-state index contributed by atoms with van der Waals surface area (Å²) < 4.78 is 0. The van der Waals surface area contributed by atoms with Crippen molar-refractivity contribution >= 4 is 30.1 Å². The monoisotopic (exact) mass is 268 g/mol. The second-order valence-electron chi connectivity index (χ2n) is 4.62. The van der Waals surface area contributed by atoms with Crippen LogP contribution < -0.4 is 11.1 Å². The van der Waals surface area contributed by atoms with Gasteiger partial charge in [0.15, 0.2) is 0 Å². The largest absolute Gasteiger partial charge is 0.349 e. The van der Waals surface area contributed by atoms with E-state index in [0.717, 1.165) is 5.75 Å². The first-order valence-corrected chi connectivity index (χ1v) is 6.77. The van der Waals surface area contributed by atoms with Crippen molar-refractivity contribution in [2.24, 2.45) is 17.6 Å². The lowest BCUT2D eigenvalue weighted by Crippen LogP contribution is -2.56. The van der Waals surface area contributed by atoms with Gasteiger partial charge in [0.05, 0.1) is 5.54 Å². The molecular formula is C11H25ClN2OS. The summed E-state index contributed by atoms with van der Waals surface area (Å²) in [5.74, 6) is 1.34. The van der Waals surface area contributed by atoms with Crippen molar-refractivity contribution in [3.63, 3.8) is 0 Å². The standard InChI is InChI=1S/C11H24N2OS.ClH/c1-8(2)11(4,7-12)13-10(14)9(3)6-15-5;/h8-9H,6-7,12H2,1-5H3,(H,13,14);1H. The zero-order chi connectivity index (χ0) is 12.1. The third-order valence-electron chi connectivity index (χ3n) is 2.97. The van der Waals surface area contributed by atoms with Gasteiger partial charge in [-0.1, -0.05) is 20.8 Å². The Morgan fingerprint density at radius 3 is 2.25 bits per heavy atom. The predicted octanol–water partition coefficient (Wildman–Crippen LogP) is 1.90. The molecule has 0 aliphatic heterocycles. The lowest BCUT2D eigenvalue weighted by molar-refractivity contribution is -0.126. The number of hydrogen-bond donors (Lipinski definition) is 2. The van der Waals surface area contributed by atoms with Gasteiger partial charge in [-0.15, -0.1) is 12.4 Å². The molecule has 0 aliphatic rings. The number of rotatable bonds is 6. The molecule has 0 aromatic carbocycles. The topological polar surface area (TPSA) is 55.1 Å². The summed E-state index contributed by atoms with van der Waals surface area (Å²) in [5, 5.41) is 3.05. The Morgan fingerprint density at radius 2 is 1.94 bits per heavy atom. The summed E-state index contributed by atoms with van der Waals surface area (Å²) in [5.41, 5.74) is 5.42. The normalized spacial score (nSPS) is 16.2. The van der Waals surface area contributed by atoms with E-state index in [1.807, 2.05) is 20.1 Å². The van der Waals surface area contributed by atoms with Crippen molar-refractivity contribution in [2.75, 3.05) is 18.6 Å². The van der Waals surface area contributed by atoms with Crippen LogP contribution in [0.5, 0.6) is 0 Å². The molecule has 0 bridgehead atoms. The summed E-state index contributed by atoms with van der Waals surface area (Å²) >= 11 is 1.69. The lowest BCUT2D eigenvalue weighted by atomic mass is 9.88. The van der Waals surface area contributed by atoms with Crippen LogP contribution in [0.4, 0.5) is 0 Å². The van der Waals surface area contributed by atoms with E-state index in [-0.39, 0.29) is 29.8 Å². The van der Waals surface area contributed by atoms with Crippen LogP contribution >= 0.6 is 24.2 Å². The maximum Gasteiger partial charge on any atom is 0.224 e. The molecule has 0 fully saturated rings. The minimum atomic E-state index is -0.288. The van der Waals surface area contributed by atoms with Crippen molar-refractivity contribution in [1.82, 2.24) is 5.32 Å². The molecule has 16 heavy (non-hydrogen) atoms. The Morgan fingerprint density at radius 1 is 1.44 bits per heavy atom. The summed E-state index contributed by atoms with van der Waals surface area (Å²) in [7, 11) is 0. The Labute approximate surface area is 110 Å². The fourth-order valence-electron chi connectivity index (χ4n) is 1.16. The van der Waals surface area contributed by atoms with Crippen molar-refractivity contribution in [1.29, 1.82) is 0 Å². The molecule has 0 heterocycles. The highest BCUT2D eigenvalue weighted by molar-refractivity contribution is 7.98. The Bertz CT molecular complexity index is 214.